The molecule has 1 aliphatic carbocycles. The third-order valence-corrected chi connectivity index (χ3v) is 3.87. The minimum Gasteiger partial charge on any atom is -0.314 e. The van der Waals surface area contributed by atoms with Gasteiger partial charge in [-0.1, -0.05) is 20.3 Å². The van der Waals surface area contributed by atoms with Crippen LogP contribution in [-0.2, 0) is 0 Å². The summed E-state index contributed by atoms with van der Waals surface area (Å²) in [6, 6.07) is 1.65. The lowest BCUT2D eigenvalue weighted by atomic mass is 9.90. The highest BCUT2D eigenvalue weighted by Crippen LogP contribution is 2.22. The number of rotatable bonds is 7. The summed E-state index contributed by atoms with van der Waals surface area (Å²) in [5.41, 5.74) is 0. The van der Waals surface area contributed by atoms with Gasteiger partial charge in [0.15, 0.2) is 0 Å². The molecule has 1 aliphatic rings. The molecule has 0 saturated heterocycles. The summed E-state index contributed by atoms with van der Waals surface area (Å²) in [7, 11) is 2.31. The van der Waals surface area contributed by atoms with Gasteiger partial charge in [0.2, 0.25) is 0 Å². The molecule has 16 heavy (non-hydrogen) atoms. The molecular weight excluding hydrogens is 196 g/mol. The summed E-state index contributed by atoms with van der Waals surface area (Å²) in [6.07, 6.45) is 9.46. The highest BCUT2D eigenvalue weighted by Gasteiger charge is 2.22. The summed E-state index contributed by atoms with van der Waals surface area (Å²) < 4.78 is 0. The van der Waals surface area contributed by atoms with Crippen LogP contribution in [0, 0.1) is 0 Å². The van der Waals surface area contributed by atoms with E-state index >= 15 is 0 Å². The Balaban J connectivity index is 2.15. The van der Waals surface area contributed by atoms with Crippen molar-refractivity contribution in [3.63, 3.8) is 0 Å². The Morgan fingerprint density at radius 3 is 2.31 bits per heavy atom. The monoisotopic (exact) mass is 226 g/mol. The first kappa shape index (κ1) is 14.0. The molecule has 0 atom stereocenters. The van der Waals surface area contributed by atoms with Gasteiger partial charge in [-0.2, -0.15) is 0 Å². The molecule has 0 spiro atoms. The van der Waals surface area contributed by atoms with Gasteiger partial charge in [-0.25, -0.2) is 0 Å². The van der Waals surface area contributed by atoms with E-state index < -0.39 is 0 Å². The molecule has 0 aromatic carbocycles. The van der Waals surface area contributed by atoms with Crippen molar-refractivity contribution in [1.82, 2.24) is 10.2 Å². The lowest BCUT2D eigenvalue weighted by Crippen LogP contribution is -2.41. The van der Waals surface area contributed by atoms with Crippen LogP contribution < -0.4 is 5.32 Å². The SMILES string of the molecule is CCCCN(C)C1CCC(NCCC)CC1. The molecule has 0 aromatic rings. The Hall–Kier alpha value is -0.0800. The van der Waals surface area contributed by atoms with Gasteiger partial charge in [0.1, 0.15) is 0 Å². The maximum absolute atomic E-state index is 3.66. The highest BCUT2D eigenvalue weighted by atomic mass is 15.1. The average molecular weight is 226 g/mol. The zero-order valence-electron chi connectivity index (χ0n) is 11.5. The van der Waals surface area contributed by atoms with E-state index in [0.29, 0.717) is 0 Å². The number of nitrogens with one attached hydrogen (secondary N) is 1. The van der Waals surface area contributed by atoms with Crippen molar-refractivity contribution < 1.29 is 0 Å². The molecule has 1 fully saturated rings. The third kappa shape index (κ3) is 4.84. The van der Waals surface area contributed by atoms with E-state index in [1.165, 1.54) is 58.0 Å². The third-order valence-electron chi connectivity index (χ3n) is 3.87. The van der Waals surface area contributed by atoms with Crippen molar-refractivity contribution in [2.75, 3.05) is 20.1 Å². The first-order chi connectivity index (χ1) is 7.77. The second-order valence-corrected chi connectivity index (χ2v) is 5.29. The Morgan fingerprint density at radius 2 is 1.75 bits per heavy atom. The Morgan fingerprint density at radius 1 is 1.06 bits per heavy atom. The maximum atomic E-state index is 3.66. The van der Waals surface area contributed by atoms with Crippen molar-refractivity contribution in [1.29, 1.82) is 0 Å². The van der Waals surface area contributed by atoms with Gasteiger partial charge in [0.05, 0.1) is 0 Å². The highest BCUT2D eigenvalue weighted by molar-refractivity contribution is 4.81. The van der Waals surface area contributed by atoms with Crippen LogP contribution in [0.25, 0.3) is 0 Å². The fourth-order valence-electron chi connectivity index (χ4n) is 2.66. The Labute approximate surface area is 102 Å². The minimum atomic E-state index is 0.802. The lowest BCUT2D eigenvalue weighted by Gasteiger charge is -2.35. The zero-order chi connectivity index (χ0) is 11.8. The van der Waals surface area contributed by atoms with Crippen LogP contribution in [-0.4, -0.2) is 37.1 Å². The smallest absolute Gasteiger partial charge is 0.00933 e. The summed E-state index contributed by atoms with van der Waals surface area (Å²) >= 11 is 0. The molecular formula is C14H30N2. The summed E-state index contributed by atoms with van der Waals surface area (Å²) in [4.78, 5) is 2.58. The molecule has 2 nitrogen and oxygen atoms in total. The van der Waals surface area contributed by atoms with Crippen LogP contribution in [0.3, 0.4) is 0 Å². The number of hydrogen-bond donors (Lipinski definition) is 1. The quantitative estimate of drug-likeness (QED) is 0.718. The molecule has 0 heterocycles. The zero-order valence-corrected chi connectivity index (χ0v) is 11.5. The number of nitrogens with zero attached hydrogens (tertiary/aromatic N) is 1. The van der Waals surface area contributed by atoms with Crippen molar-refractivity contribution in [3.05, 3.63) is 0 Å². The van der Waals surface area contributed by atoms with E-state index in [1.807, 2.05) is 0 Å². The Kier molecular flexibility index (Phi) is 7.06. The second-order valence-electron chi connectivity index (χ2n) is 5.29. The van der Waals surface area contributed by atoms with Crippen molar-refractivity contribution in [2.45, 2.75) is 70.9 Å². The molecule has 1 rings (SSSR count). The first-order valence-electron chi connectivity index (χ1n) is 7.21. The van der Waals surface area contributed by atoms with Crippen LogP contribution in [0.4, 0.5) is 0 Å². The van der Waals surface area contributed by atoms with E-state index in [2.05, 4.69) is 31.1 Å². The predicted molar refractivity (Wildman–Crippen MR) is 71.9 cm³/mol. The molecule has 0 aliphatic heterocycles. The Bertz CT molecular complexity index is 162. The van der Waals surface area contributed by atoms with Gasteiger partial charge in [0.25, 0.3) is 0 Å². The standard InChI is InChI=1S/C14H30N2/c1-4-6-12-16(3)14-9-7-13(8-10-14)15-11-5-2/h13-15H,4-12H2,1-3H3. The molecule has 1 saturated carbocycles. The van der Waals surface area contributed by atoms with Gasteiger partial charge in [0, 0.05) is 12.1 Å². The lowest BCUT2D eigenvalue weighted by molar-refractivity contribution is 0.172. The molecule has 0 radical (unpaired) electrons. The molecule has 96 valence electrons. The minimum absolute atomic E-state index is 0.802. The van der Waals surface area contributed by atoms with Gasteiger partial charge in [-0.3, -0.25) is 0 Å². The summed E-state index contributed by atoms with van der Waals surface area (Å²) in [5.74, 6) is 0. The average Bonchev–Trinajstić information content (AvgIpc) is 2.34. The second kappa shape index (κ2) is 8.08. The summed E-state index contributed by atoms with van der Waals surface area (Å²) in [6.45, 7) is 7.01. The van der Waals surface area contributed by atoms with Crippen LogP contribution in [0.1, 0.15) is 58.8 Å². The topological polar surface area (TPSA) is 15.3 Å². The molecule has 0 amide bonds. The number of unbranched alkanes of at least 4 members (excludes halogenated alkanes) is 1. The largest absolute Gasteiger partial charge is 0.314 e. The normalized spacial score (nSPS) is 26.2. The van der Waals surface area contributed by atoms with Gasteiger partial charge in [-0.15, -0.1) is 0 Å². The van der Waals surface area contributed by atoms with E-state index in [9.17, 15) is 0 Å². The van der Waals surface area contributed by atoms with Crippen LogP contribution >= 0.6 is 0 Å². The van der Waals surface area contributed by atoms with E-state index in [4.69, 9.17) is 0 Å². The summed E-state index contributed by atoms with van der Waals surface area (Å²) in [5, 5.41) is 3.66. The first-order valence-corrected chi connectivity index (χ1v) is 7.21. The molecule has 0 bridgehead atoms. The predicted octanol–water partition coefficient (Wildman–Crippen LogP) is 3.03. The molecule has 0 aromatic heterocycles. The van der Waals surface area contributed by atoms with Crippen molar-refractivity contribution in [3.8, 4) is 0 Å². The van der Waals surface area contributed by atoms with Gasteiger partial charge >= 0.3 is 0 Å². The number of hydrogen-bond acceptors (Lipinski definition) is 2. The fourth-order valence-corrected chi connectivity index (χ4v) is 2.66. The van der Waals surface area contributed by atoms with Gasteiger partial charge < -0.3 is 10.2 Å². The molecule has 0 unspecified atom stereocenters. The van der Waals surface area contributed by atoms with E-state index in [0.717, 1.165) is 12.1 Å². The van der Waals surface area contributed by atoms with E-state index in [1.54, 1.807) is 0 Å². The maximum Gasteiger partial charge on any atom is 0.00933 e. The van der Waals surface area contributed by atoms with Crippen molar-refractivity contribution in [2.24, 2.45) is 0 Å². The van der Waals surface area contributed by atoms with E-state index in [-0.39, 0.29) is 0 Å². The van der Waals surface area contributed by atoms with Gasteiger partial charge in [-0.05, 0) is 58.7 Å². The van der Waals surface area contributed by atoms with Crippen LogP contribution in [0.5, 0.6) is 0 Å². The van der Waals surface area contributed by atoms with Crippen LogP contribution in [0.15, 0.2) is 0 Å². The molecule has 2 heteroatoms. The van der Waals surface area contributed by atoms with Crippen molar-refractivity contribution >= 4 is 0 Å². The fraction of sp³-hybridized carbons (Fsp3) is 1.00. The van der Waals surface area contributed by atoms with Crippen LogP contribution in [0.2, 0.25) is 0 Å². The molecule has 1 N–H and O–H groups in total.